The standard InChI is InChI=1S/C28H32N2O4S/c1-20-9-10-21(2)25(17-20)30-35(32,33)26-18-23(12-11-22(26)3)27(31)29-19-28(13-15-34-16-14-28)24-7-5-4-6-8-24/h4-12,17-18,30H,13-16,19H2,1-3H3,(H,29,31). The molecule has 0 aliphatic carbocycles. The molecule has 0 saturated carbocycles. The monoisotopic (exact) mass is 492 g/mol. The molecule has 0 spiro atoms. The van der Waals surface area contributed by atoms with Gasteiger partial charge in [0.2, 0.25) is 0 Å². The number of rotatable bonds is 7. The molecular formula is C28H32N2O4S. The van der Waals surface area contributed by atoms with Crippen LogP contribution in [0.5, 0.6) is 0 Å². The summed E-state index contributed by atoms with van der Waals surface area (Å²) >= 11 is 0. The van der Waals surface area contributed by atoms with Crippen molar-refractivity contribution in [2.24, 2.45) is 0 Å². The van der Waals surface area contributed by atoms with Gasteiger partial charge < -0.3 is 10.1 Å². The number of sulfonamides is 1. The van der Waals surface area contributed by atoms with Crippen LogP contribution in [0.4, 0.5) is 5.69 Å². The Kier molecular flexibility index (Phi) is 7.28. The zero-order valence-electron chi connectivity index (χ0n) is 20.4. The maximum Gasteiger partial charge on any atom is 0.262 e. The van der Waals surface area contributed by atoms with E-state index in [2.05, 4.69) is 22.2 Å². The Bertz CT molecular complexity index is 1310. The van der Waals surface area contributed by atoms with E-state index in [0.717, 1.165) is 24.0 Å². The predicted octanol–water partition coefficient (Wildman–Crippen LogP) is 4.89. The van der Waals surface area contributed by atoms with Gasteiger partial charge in [-0.1, -0.05) is 48.5 Å². The molecule has 0 bridgehead atoms. The number of hydrogen-bond acceptors (Lipinski definition) is 4. The van der Waals surface area contributed by atoms with Crippen LogP contribution in [0.3, 0.4) is 0 Å². The number of carbonyl (C=O) groups excluding carboxylic acids is 1. The molecule has 3 aromatic carbocycles. The Hall–Kier alpha value is -3.16. The Morgan fingerprint density at radius 2 is 1.60 bits per heavy atom. The van der Waals surface area contributed by atoms with E-state index in [-0.39, 0.29) is 16.2 Å². The van der Waals surface area contributed by atoms with Crippen molar-refractivity contribution in [3.63, 3.8) is 0 Å². The van der Waals surface area contributed by atoms with Crippen molar-refractivity contribution in [1.82, 2.24) is 5.32 Å². The molecular weight excluding hydrogens is 460 g/mol. The summed E-state index contributed by atoms with van der Waals surface area (Å²) in [6, 6.07) is 20.6. The van der Waals surface area contributed by atoms with Gasteiger partial charge in [0.1, 0.15) is 0 Å². The minimum absolute atomic E-state index is 0.0925. The molecule has 3 aromatic rings. The first-order chi connectivity index (χ1) is 16.7. The Morgan fingerprint density at radius 3 is 2.31 bits per heavy atom. The van der Waals surface area contributed by atoms with Gasteiger partial charge in [-0.15, -0.1) is 0 Å². The molecule has 1 heterocycles. The van der Waals surface area contributed by atoms with Gasteiger partial charge >= 0.3 is 0 Å². The lowest BCUT2D eigenvalue weighted by Crippen LogP contribution is -2.44. The summed E-state index contributed by atoms with van der Waals surface area (Å²) in [7, 11) is -3.88. The maximum atomic E-state index is 13.2. The number of ether oxygens (including phenoxy) is 1. The molecule has 0 unspecified atom stereocenters. The molecule has 7 heteroatoms. The normalized spacial score (nSPS) is 15.4. The molecule has 4 rings (SSSR count). The topological polar surface area (TPSA) is 84.5 Å². The van der Waals surface area contributed by atoms with Crippen LogP contribution in [-0.2, 0) is 20.2 Å². The lowest BCUT2D eigenvalue weighted by atomic mass is 9.74. The third-order valence-electron chi connectivity index (χ3n) is 6.80. The third kappa shape index (κ3) is 5.57. The van der Waals surface area contributed by atoms with Crippen LogP contribution in [0.15, 0.2) is 71.6 Å². The molecule has 6 nitrogen and oxygen atoms in total. The lowest BCUT2D eigenvalue weighted by molar-refractivity contribution is 0.0487. The quantitative estimate of drug-likeness (QED) is 0.492. The highest BCUT2D eigenvalue weighted by Crippen LogP contribution is 2.34. The van der Waals surface area contributed by atoms with Crippen molar-refractivity contribution in [3.8, 4) is 0 Å². The summed E-state index contributed by atoms with van der Waals surface area (Å²) in [6.07, 6.45) is 1.62. The minimum atomic E-state index is -3.88. The van der Waals surface area contributed by atoms with Crippen LogP contribution in [0.1, 0.15) is 45.5 Å². The second kappa shape index (κ2) is 10.2. The van der Waals surface area contributed by atoms with Crippen LogP contribution in [-0.4, -0.2) is 34.1 Å². The van der Waals surface area contributed by atoms with E-state index in [0.29, 0.717) is 36.6 Å². The van der Waals surface area contributed by atoms with Gasteiger partial charge in [-0.3, -0.25) is 9.52 Å². The highest BCUT2D eigenvalue weighted by molar-refractivity contribution is 7.92. The van der Waals surface area contributed by atoms with Gasteiger partial charge in [0.25, 0.3) is 15.9 Å². The van der Waals surface area contributed by atoms with Crippen molar-refractivity contribution in [2.45, 2.75) is 43.9 Å². The Morgan fingerprint density at radius 1 is 0.914 bits per heavy atom. The Balaban J connectivity index is 1.56. The number of hydrogen-bond donors (Lipinski definition) is 2. The van der Waals surface area contributed by atoms with Gasteiger partial charge in [0, 0.05) is 30.7 Å². The average Bonchev–Trinajstić information content (AvgIpc) is 2.86. The maximum absolute atomic E-state index is 13.2. The molecule has 1 amide bonds. The van der Waals surface area contributed by atoms with E-state index in [1.807, 2.05) is 44.2 Å². The fourth-order valence-corrected chi connectivity index (χ4v) is 5.94. The summed E-state index contributed by atoms with van der Waals surface area (Å²) in [5.74, 6) is -0.296. The molecule has 35 heavy (non-hydrogen) atoms. The lowest BCUT2D eigenvalue weighted by Gasteiger charge is -2.38. The summed E-state index contributed by atoms with van der Waals surface area (Å²) in [5.41, 5.74) is 4.17. The smallest absolute Gasteiger partial charge is 0.262 e. The summed E-state index contributed by atoms with van der Waals surface area (Å²) < 4.78 is 34.8. The van der Waals surface area contributed by atoms with E-state index >= 15 is 0 Å². The molecule has 2 N–H and O–H groups in total. The van der Waals surface area contributed by atoms with Crippen LogP contribution >= 0.6 is 0 Å². The zero-order valence-corrected chi connectivity index (χ0v) is 21.2. The minimum Gasteiger partial charge on any atom is -0.381 e. The SMILES string of the molecule is Cc1ccc(C)c(NS(=O)(=O)c2cc(C(=O)NCC3(c4ccccc4)CCOCC3)ccc2C)c1. The van der Waals surface area contributed by atoms with E-state index in [9.17, 15) is 13.2 Å². The highest BCUT2D eigenvalue weighted by Gasteiger charge is 2.35. The molecule has 0 atom stereocenters. The second-order valence-electron chi connectivity index (χ2n) is 9.35. The summed E-state index contributed by atoms with van der Waals surface area (Å²) in [6.45, 7) is 7.23. The van der Waals surface area contributed by atoms with Crippen molar-refractivity contribution in [1.29, 1.82) is 0 Å². The molecule has 1 aliphatic rings. The summed E-state index contributed by atoms with van der Waals surface area (Å²) in [5, 5.41) is 3.06. The van der Waals surface area contributed by atoms with Gasteiger partial charge in [-0.2, -0.15) is 0 Å². The first-order valence-electron chi connectivity index (χ1n) is 11.8. The van der Waals surface area contributed by atoms with E-state index in [1.165, 1.54) is 11.6 Å². The van der Waals surface area contributed by atoms with Crippen molar-refractivity contribution in [3.05, 3.63) is 94.5 Å². The van der Waals surface area contributed by atoms with Crippen LogP contribution in [0, 0.1) is 20.8 Å². The second-order valence-corrected chi connectivity index (χ2v) is 11.0. The summed E-state index contributed by atoms with van der Waals surface area (Å²) in [4.78, 5) is 13.2. The molecule has 0 radical (unpaired) electrons. The molecule has 1 aliphatic heterocycles. The average molecular weight is 493 g/mol. The third-order valence-corrected chi connectivity index (χ3v) is 8.31. The van der Waals surface area contributed by atoms with Gasteiger partial charge in [0.05, 0.1) is 10.6 Å². The van der Waals surface area contributed by atoms with Crippen molar-refractivity contribution < 1.29 is 17.9 Å². The first-order valence-corrected chi connectivity index (χ1v) is 13.3. The van der Waals surface area contributed by atoms with E-state index in [1.54, 1.807) is 25.1 Å². The number of aryl methyl sites for hydroxylation is 3. The van der Waals surface area contributed by atoms with Crippen LogP contribution in [0.25, 0.3) is 0 Å². The van der Waals surface area contributed by atoms with Crippen molar-refractivity contribution >= 4 is 21.6 Å². The van der Waals surface area contributed by atoms with Gasteiger partial charge in [-0.05, 0) is 74.1 Å². The highest BCUT2D eigenvalue weighted by atomic mass is 32.2. The molecule has 0 aromatic heterocycles. The fourth-order valence-electron chi connectivity index (χ4n) is 4.55. The number of benzene rings is 3. The van der Waals surface area contributed by atoms with Crippen LogP contribution < -0.4 is 10.0 Å². The van der Waals surface area contributed by atoms with Gasteiger partial charge in [-0.25, -0.2) is 8.42 Å². The largest absolute Gasteiger partial charge is 0.381 e. The van der Waals surface area contributed by atoms with Crippen molar-refractivity contribution in [2.75, 3.05) is 24.5 Å². The van der Waals surface area contributed by atoms with Gasteiger partial charge in [0.15, 0.2) is 0 Å². The fraction of sp³-hybridized carbons (Fsp3) is 0.321. The first kappa shape index (κ1) is 24.9. The molecule has 184 valence electrons. The number of anilines is 1. The van der Waals surface area contributed by atoms with E-state index < -0.39 is 10.0 Å². The number of carbonyl (C=O) groups is 1. The predicted molar refractivity (Wildman–Crippen MR) is 138 cm³/mol. The van der Waals surface area contributed by atoms with Crippen LogP contribution in [0.2, 0.25) is 0 Å². The molecule has 1 saturated heterocycles. The number of amides is 1. The van der Waals surface area contributed by atoms with E-state index in [4.69, 9.17) is 4.74 Å². The molecule has 1 fully saturated rings. The zero-order chi connectivity index (χ0) is 25.1. The Labute approximate surface area is 207 Å². The number of nitrogens with one attached hydrogen (secondary N) is 2.